The van der Waals surface area contributed by atoms with Crippen molar-refractivity contribution in [3.63, 3.8) is 0 Å². The van der Waals surface area contributed by atoms with Crippen molar-refractivity contribution in [3.8, 4) is 11.5 Å². The quantitative estimate of drug-likeness (QED) is 0.287. The van der Waals surface area contributed by atoms with Crippen LogP contribution in [0.5, 0.6) is 11.5 Å². The summed E-state index contributed by atoms with van der Waals surface area (Å²) in [5, 5.41) is 37.0. The summed E-state index contributed by atoms with van der Waals surface area (Å²) < 4.78 is 13.8. The van der Waals surface area contributed by atoms with Crippen LogP contribution in [0.15, 0.2) is 46.9 Å². The highest BCUT2D eigenvalue weighted by Crippen LogP contribution is 2.36. The van der Waals surface area contributed by atoms with Gasteiger partial charge in [-0.3, -0.25) is 0 Å². The third-order valence-corrected chi connectivity index (χ3v) is 6.87. The van der Waals surface area contributed by atoms with Gasteiger partial charge in [-0.05, 0) is 58.2 Å². The maximum absolute atomic E-state index is 10.3. The molecule has 0 amide bonds. The van der Waals surface area contributed by atoms with Crippen LogP contribution in [0.4, 0.5) is 0 Å². The lowest BCUT2D eigenvalue weighted by Gasteiger charge is -2.27. The number of hydrogen-bond acceptors (Lipinski definition) is 7. The van der Waals surface area contributed by atoms with Crippen LogP contribution in [0.2, 0.25) is 0 Å². The molecule has 1 aromatic heterocycles. The van der Waals surface area contributed by atoms with Gasteiger partial charge in [0.05, 0.1) is 29.2 Å². The van der Waals surface area contributed by atoms with Crippen LogP contribution in [-0.4, -0.2) is 61.6 Å². The highest BCUT2D eigenvalue weighted by Gasteiger charge is 2.24. The third-order valence-electron chi connectivity index (χ3n) is 5.89. The molecule has 1 heterocycles. The van der Waals surface area contributed by atoms with E-state index in [2.05, 4.69) is 40.1 Å². The first-order valence-electron chi connectivity index (χ1n) is 11.2. The molecule has 0 bridgehead atoms. The van der Waals surface area contributed by atoms with Crippen molar-refractivity contribution in [1.82, 2.24) is 15.0 Å². The summed E-state index contributed by atoms with van der Waals surface area (Å²) in [5.74, 6) is 1.41. The number of aromatic nitrogens is 3. The fourth-order valence-corrected chi connectivity index (χ4v) is 4.11. The highest BCUT2D eigenvalue weighted by atomic mass is 79.9. The minimum absolute atomic E-state index is 0.101. The fourth-order valence-electron chi connectivity index (χ4n) is 3.53. The zero-order valence-corrected chi connectivity index (χ0v) is 22.3. The Morgan fingerprint density at radius 1 is 1.03 bits per heavy atom. The van der Waals surface area contributed by atoms with E-state index in [4.69, 9.17) is 21.1 Å². The van der Waals surface area contributed by atoms with E-state index in [0.29, 0.717) is 17.2 Å². The lowest BCUT2D eigenvalue weighted by atomic mass is 9.78. The molecule has 10 heteroatoms. The number of alkyl halides is 1. The van der Waals surface area contributed by atoms with Crippen LogP contribution < -0.4 is 9.47 Å². The largest absolute Gasteiger partial charge is 0.491 e. The van der Waals surface area contributed by atoms with Crippen LogP contribution in [-0.2, 0) is 18.6 Å². The number of benzene rings is 2. The van der Waals surface area contributed by atoms with Gasteiger partial charge in [0.25, 0.3) is 0 Å². The van der Waals surface area contributed by atoms with Crippen LogP contribution in [0.25, 0.3) is 0 Å². The normalized spacial score (nSPS) is 13.5. The number of aliphatic hydroxyl groups is 3. The minimum Gasteiger partial charge on any atom is -0.491 e. The van der Waals surface area contributed by atoms with Crippen molar-refractivity contribution in [2.45, 2.75) is 51.5 Å². The highest BCUT2D eigenvalue weighted by molar-refractivity contribution is 9.10. The van der Waals surface area contributed by atoms with Crippen molar-refractivity contribution in [2.24, 2.45) is 0 Å². The topological polar surface area (TPSA) is 110 Å². The molecule has 2 atom stereocenters. The standard InChI is InChI=1S/C25H31BrClN3O5/c1-16-23(13-31)28-29-30(16)12-20(33)15-34-21-7-4-17(5-8-21)25(2,3)18-6-9-24(22(26)10-18)35-14-19(32)11-27/h4-10,19-20,31-33H,11-15H2,1-3H3/t19-,20-/m1/s1. The lowest BCUT2D eigenvalue weighted by Crippen LogP contribution is -2.25. The first-order valence-corrected chi connectivity index (χ1v) is 12.6. The van der Waals surface area contributed by atoms with E-state index in [1.807, 2.05) is 42.5 Å². The van der Waals surface area contributed by atoms with E-state index in [-0.39, 0.29) is 37.7 Å². The molecular weight excluding hydrogens is 538 g/mol. The first-order chi connectivity index (χ1) is 16.6. The van der Waals surface area contributed by atoms with Gasteiger partial charge in [0.2, 0.25) is 0 Å². The summed E-state index contributed by atoms with van der Waals surface area (Å²) in [6.07, 6.45) is -1.49. The van der Waals surface area contributed by atoms with Gasteiger partial charge in [0.15, 0.2) is 0 Å². The van der Waals surface area contributed by atoms with Gasteiger partial charge < -0.3 is 24.8 Å². The molecule has 35 heavy (non-hydrogen) atoms. The van der Waals surface area contributed by atoms with Gasteiger partial charge in [-0.25, -0.2) is 4.68 Å². The van der Waals surface area contributed by atoms with Crippen LogP contribution in [0.3, 0.4) is 0 Å². The Bertz CT molecular complexity index is 1110. The monoisotopic (exact) mass is 567 g/mol. The molecule has 0 saturated carbocycles. The summed E-state index contributed by atoms with van der Waals surface area (Å²) in [5.41, 5.74) is 3.11. The van der Waals surface area contributed by atoms with Crippen LogP contribution in [0.1, 0.15) is 36.4 Å². The number of nitrogens with zero attached hydrogens (tertiary/aromatic N) is 3. The molecule has 3 rings (SSSR count). The Labute approximate surface area is 218 Å². The molecular formula is C25H31BrClN3O5. The number of halogens is 2. The van der Waals surface area contributed by atoms with Gasteiger partial charge in [0.1, 0.15) is 42.6 Å². The summed E-state index contributed by atoms with van der Waals surface area (Å²) in [6, 6.07) is 13.7. The Morgan fingerprint density at radius 2 is 1.69 bits per heavy atom. The first kappa shape index (κ1) is 27.4. The smallest absolute Gasteiger partial charge is 0.133 e. The predicted molar refractivity (Wildman–Crippen MR) is 137 cm³/mol. The predicted octanol–water partition coefficient (Wildman–Crippen LogP) is 3.59. The average molecular weight is 569 g/mol. The van der Waals surface area contributed by atoms with E-state index in [1.165, 1.54) is 0 Å². The van der Waals surface area contributed by atoms with Gasteiger partial charge >= 0.3 is 0 Å². The van der Waals surface area contributed by atoms with E-state index in [9.17, 15) is 15.3 Å². The van der Waals surface area contributed by atoms with Gasteiger partial charge in [-0.1, -0.05) is 37.3 Å². The molecule has 0 fully saturated rings. The Kier molecular flexibility index (Phi) is 9.54. The second-order valence-corrected chi connectivity index (χ2v) is 10.0. The molecule has 0 spiro atoms. The zero-order chi connectivity index (χ0) is 25.6. The molecule has 0 unspecified atom stereocenters. The molecule has 0 aliphatic heterocycles. The SMILES string of the molecule is Cc1c(CO)nnn1C[C@@H](O)COc1ccc(C(C)(C)c2ccc(OC[C@H](O)CCl)c(Br)c2)cc1. The number of aliphatic hydroxyl groups excluding tert-OH is 3. The number of ether oxygens (including phenoxy) is 2. The zero-order valence-electron chi connectivity index (χ0n) is 20.0. The van der Waals surface area contributed by atoms with Crippen molar-refractivity contribution < 1.29 is 24.8 Å². The number of rotatable bonds is 12. The Morgan fingerprint density at radius 3 is 2.29 bits per heavy atom. The molecule has 0 aliphatic rings. The molecule has 0 aliphatic carbocycles. The summed E-state index contributed by atoms with van der Waals surface area (Å²) in [7, 11) is 0. The van der Waals surface area contributed by atoms with E-state index in [0.717, 1.165) is 21.3 Å². The van der Waals surface area contributed by atoms with Crippen molar-refractivity contribution in [1.29, 1.82) is 0 Å². The minimum atomic E-state index is -0.776. The summed E-state index contributed by atoms with van der Waals surface area (Å²) >= 11 is 9.18. The van der Waals surface area contributed by atoms with Crippen molar-refractivity contribution >= 4 is 27.5 Å². The Balaban J connectivity index is 1.60. The molecule has 2 aromatic carbocycles. The summed E-state index contributed by atoms with van der Waals surface area (Å²) in [4.78, 5) is 0. The Hall–Kier alpha value is -2.17. The van der Waals surface area contributed by atoms with Crippen molar-refractivity contribution in [3.05, 3.63) is 69.5 Å². The maximum atomic E-state index is 10.3. The van der Waals surface area contributed by atoms with Crippen LogP contribution in [0, 0.1) is 6.92 Å². The van der Waals surface area contributed by atoms with E-state index in [1.54, 1.807) is 11.6 Å². The third kappa shape index (κ3) is 6.95. The fraction of sp³-hybridized carbons (Fsp3) is 0.440. The van der Waals surface area contributed by atoms with Crippen molar-refractivity contribution in [2.75, 3.05) is 19.1 Å². The molecule has 3 N–H and O–H groups in total. The molecule has 0 radical (unpaired) electrons. The van der Waals surface area contributed by atoms with Crippen LogP contribution >= 0.6 is 27.5 Å². The van der Waals surface area contributed by atoms with E-state index < -0.39 is 12.2 Å². The molecule has 8 nitrogen and oxygen atoms in total. The molecule has 190 valence electrons. The number of hydrogen-bond donors (Lipinski definition) is 3. The second kappa shape index (κ2) is 12.2. The lowest BCUT2D eigenvalue weighted by molar-refractivity contribution is 0.0882. The summed E-state index contributed by atoms with van der Waals surface area (Å²) in [6.45, 7) is 6.33. The average Bonchev–Trinajstić information content (AvgIpc) is 3.20. The van der Waals surface area contributed by atoms with E-state index >= 15 is 0 Å². The molecule has 3 aromatic rings. The van der Waals surface area contributed by atoms with Gasteiger partial charge in [-0.15, -0.1) is 16.7 Å². The second-order valence-electron chi connectivity index (χ2n) is 8.84. The van der Waals surface area contributed by atoms with Gasteiger partial charge in [-0.2, -0.15) is 0 Å². The van der Waals surface area contributed by atoms with Gasteiger partial charge in [0, 0.05) is 5.41 Å². The maximum Gasteiger partial charge on any atom is 0.133 e. The molecule has 0 saturated heterocycles.